The number of ether oxygens (including phenoxy) is 2. The van der Waals surface area contributed by atoms with Gasteiger partial charge in [0.2, 0.25) is 5.78 Å². The van der Waals surface area contributed by atoms with Gasteiger partial charge in [0.15, 0.2) is 11.4 Å². The Morgan fingerprint density at radius 3 is 2.77 bits per heavy atom. The van der Waals surface area contributed by atoms with E-state index in [2.05, 4.69) is 59.9 Å². The molecule has 3 aliphatic carbocycles. The van der Waals surface area contributed by atoms with E-state index in [1.54, 1.807) is 18.3 Å². The highest BCUT2D eigenvalue weighted by atomic mass is 16.7. The summed E-state index contributed by atoms with van der Waals surface area (Å²) in [7, 11) is 1.85. The lowest BCUT2D eigenvalue weighted by Gasteiger charge is -2.36. The molecule has 1 aromatic heterocycles. The van der Waals surface area contributed by atoms with Gasteiger partial charge in [-0.25, -0.2) is 9.78 Å². The maximum Gasteiger partial charge on any atom is 0.350 e. The Kier molecular flexibility index (Phi) is 11.6. The van der Waals surface area contributed by atoms with Crippen LogP contribution in [0.25, 0.3) is 0 Å². The van der Waals surface area contributed by atoms with Crippen molar-refractivity contribution < 1.29 is 29.0 Å². The van der Waals surface area contributed by atoms with Crippen LogP contribution >= 0.6 is 0 Å². The predicted octanol–water partition coefficient (Wildman–Crippen LogP) is 5.52. The molecule has 1 fully saturated rings. The highest BCUT2D eigenvalue weighted by Crippen LogP contribution is 2.60. The molecule has 4 N–H and O–H groups in total. The number of benzene rings is 1. The van der Waals surface area contributed by atoms with Gasteiger partial charge < -0.3 is 30.5 Å². The summed E-state index contributed by atoms with van der Waals surface area (Å²) in [6.07, 6.45) is 13.1. The minimum atomic E-state index is -2.11. The first kappa shape index (κ1) is 37.8. The van der Waals surface area contributed by atoms with Gasteiger partial charge in [-0.2, -0.15) is 0 Å². The molecule has 6 rings (SSSR count). The number of fused-ring (bicyclic) bond motifs is 3. The SMILES string of the molecule is CCN[C@@H]1C=C2C=CCC[C@H]2C[C@H]1COC(=O)[C@]12O[C@@]1(C/C(CO)=C(\C)CCc1ccnc(NCNC)c1)C(=O)c1cccc(CC(C)C)c1C2=O. The van der Waals surface area contributed by atoms with Crippen LogP contribution in [0.5, 0.6) is 0 Å². The number of aromatic nitrogens is 1. The van der Waals surface area contributed by atoms with Crippen molar-refractivity contribution in [3.05, 3.63) is 93.7 Å². The molecule has 5 atom stereocenters. The molecule has 0 unspecified atom stereocenters. The number of nitrogens with zero attached hydrogens (tertiary/aromatic N) is 1. The highest BCUT2D eigenvalue weighted by molar-refractivity contribution is 6.33. The normalized spacial score (nSPS) is 26.6. The van der Waals surface area contributed by atoms with Crippen LogP contribution in [0.2, 0.25) is 0 Å². The lowest BCUT2D eigenvalue weighted by molar-refractivity contribution is -0.150. The minimum Gasteiger partial charge on any atom is -0.463 e. The molecule has 1 aliphatic heterocycles. The summed E-state index contributed by atoms with van der Waals surface area (Å²) in [4.78, 5) is 48.2. The highest BCUT2D eigenvalue weighted by Gasteiger charge is 2.85. The van der Waals surface area contributed by atoms with Crippen molar-refractivity contribution in [1.82, 2.24) is 15.6 Å². The van der Waals surface area contributed by atoms with Crippen LogP contribution in [-0.4, -0.2) is 78.3 Å². The zero-order valence-corrected chi connectivity index (χ0v) is 31.2. The first-order valence-corrected chi connectivity index (χ1v) is 18.9. The molecule has 52 heavy (non-hydrogen) atoms. The largest absolute Gasteiger partial charge is 0.463 e. The van der Waals surface area contributed by atoms with Crippen LogP contribution in [0.15, 0.2) is 71.5 Å². The van der Waals surface area contributed by atoms with E-state index in [4.69, 9.17) is 9.47 Å². The summed E-state index contributed by atoms with van der Waals surface area (Å²) in [6.45, 7) is 9.18. The van der Waals surface area contributed by atoms with Gasteiger partial charge in [-0.05, 0) is 105 Å². The molecule has 2 aromatic rings. The Balaban J connectivity index is 1.30. The number of carbonyl (C=O) groups is 3. The quantitative estimate of drug-likeness (QED) is 0.0579. The molecule has 2 heterocycles. The molecule has 4 aliphatic rings. The van der Waals surface area contributed by atoms with Crippen molar-refractivity contribution in [3.63, 3.8) is 0 Å². The maximum absolute atomic E-state index is 14.7. The number of hydrogen-bond donors (Lipinski definition) is 4. The number of nitrogens with one attached hydrogen (secondary N) is 3. The summed E-state index contributed by atoms with van der Waals surface area (Å²) in [5.74, 6) is -0.394. The Labute approximate surface area is 307 Å². The predicted molar refractivity (Wildman–Crippen MR) is 201 cm³/mol. The van der Waals surface area contributed by atoms with Crippen LogP contribution in [-0.2, 0) is 27.1 Å². The molecule has 0 radical (unpaired) electrons. The van der Waals surface area contributed by atoms with E-state index in [1.165, 1.54) is 5.57 Å². The number of aliphatic hydroxyl groups excluding tert-OH is 1. The summed E-state index contributed by atoms with van der Waals surface area (Å²) in [5, 5.41) is 20.5. The number of rotatable bonds is 16. The zero-order chi connectivity index (χ0) is 37.0. The Morgan fingerprint density at radius 2 is 2.02 bits per heavy atom. The third-order valence-electron chi connectivity index (χ3n) is 11.2. The molecule has 0 amide bonds. The minimum absolute atomic E-state index is 0.00386. The molecule has 0 saturated carbocycles. The second kappa shape index (κ2) is 16.0. The number of aryl methyl sites for hydroxylation is 1. The number of pyridine rings is 1. The third kappa shape index (κ3) is 7.18. The number of allylic oxidation sites excluding steroid dienone is 4. The Hall–Kier alpha value is -3.96. The second-order valence-corrected chi connectivity index (χ2v) is 15.2. The fraction of sp³-hybridized carbons (Fsp3) is 0.524. The van der Waals surface area contributed by atoms with Crippen molar-refractivity contribution in [2.75, 3.05) is 38.8 Å². The first-order chi connectivity index (χ1) is 25.1. The van der Waals surface area contributed by atoms with Crippen LogP contribution in [0.1, 0.15) is 91.6 Å². The van der Waals surface area contributed by atoms with Gasteiger partial charge in [-0.3, -0.25) is 9.59 Å². The molecule has 1 aromatic carbocycles. The van der Waals surface area contributed by atoms with Gasteiger partial charge in [0, 0.05) is 35.7 Å². The van der Waals surface area contributed by atoms with E-state index in [0.717, 1.165) is 48.3 Å². The Bertz CT molecular complexity index is 1780. The van der Waals surface area contributed by atoms with Crippen LogP contribution in [0, 0.1) is 17.8 Å². The zero-order valence-electron chi connectivity index (χ0n) is 31.2. The van der Waals surface area contributed by atoms with Gasteiger partial charge in [-0.15, -0.1) is 0 Å². The van der Waals surface area contributed by atoms with Gasteiger partial charge >= 0.3 is 5.97 Å². The lowest BCUT2D eigenvalue weighted by atomic mass is 9.69. The van der Waals surface area contributed by atoms with E-state index >= 15 is 0 Å². The Morgan fingerprint density at radius 1 is 1.19 bits per heavy atom. The van der Waals surface area contributed by atoms with Crippen molar-refractivity contribution in [1.29, 1.82) is 0 Å². The van der Waals surface area contributed by atoms with E-state index < -0.39 is 28.7 Å². The fourth-order valence-corrected chi connectivity index (χ4v) is 8.37. The molecule has 278 valence electrons. The van der Waals surface area contributed by atoms with Crippen molar-refractivity contribution >= 4 is 23.4 Å². The number of likely N-dealkylation sites (N-methyl/N-ethyl adjacent to an activating group) is 1. The maximum atomic E-state index is 14.7. The second-order valence-electron chi connectivity index (χ2n) is 15.2. The fourth-order valence-electron chi connectivity index (χ4n) is 8.37. The molecular weight excluding hydrogens is 656 g/mol. The number of hydrogen-bond acceptors (Lipinski definition) is 10. The van der Waals surface area contributed by atoms with E-state index in [9.17, 15) is 19.5 Å². The number of epoxide rings is 1. The summed E-state index contributed by atoms with van der Waals surface area (Å²) in [5.41, 5.74) is 1.16. The molecule has 0 bridgehead atoms. The summed E-state index contributed by atoms with van der Waals surface area (Å²) >= 11 is 0. The molecule has 10 nitrogen and oxygen atoms in total. The summed E-state index contributed by atoms with van der Waals surface area (Å²) < 4.78 is 12.4. The van der Waals surface area contributed by atoms with E-state index in [-0.39, 0.29) is 48.6 Å². The number of ketones is 2. The standard InChI is InChI=1S/C42H54N4O6/c1-6-44-35-21-30-11-8-7-10-29(30)20-32(35)24-51-40(50)42-39(49)37-31(18-26(2)3)12-9-13-34(37)38(48)41(42,52-42)22-33(23-47)27(4)14-15-28-16-17-45-36(19-28)46-25-43-5/h8-9,11-13,16-17,19,21,26,29,32,35,43-44,47H,6-7,10,14-15,18,20,22-25H2,1-5H3,(H,45,46)/b33-27-/t29-,32-,35+,41-,42-/m0/s1. The number of anilines is 1. The van der Waals surface area contributed by atoms with Gasteiger partial charge in [0.1, 0.15) is 5.82 Å². The average molecular weight is 711 g/mol. The number of aliphatic hydroxyl groups is 1. The van der Waals surface area contributed by atoms with Crippen molar-refractivity contribution in [2.24, 2.45) is 17.8 Å². The lowest BCUT2D eigenvalue weighted by Crippen LogP contribution is -2.52. The topological polar surface area (TPSA) is 142 Å². The first-order valence-electron chi connectivity index (χ1n) is 18.9. The molecule has 10 heteroatoms. The van der Waals surface area contributed by atoms with Crippen molar-refractivity contribution in [3.8, 4) is 0 Å². The average Bonchev–Trinajstić information content (AvgIpc) is 3.85. The smallest absolute Gasteiger partial charge is 0.350 e. The summed E-state index contributed by atoms with van der Waals surface area (Å²) in [6, 6.07) is 9.24. The molecular formula is C42H54N4O6. The van der Waals surface area contributed by atoms with E-state index in [1.807, 2.05) is 32.2 Å². The molecule has 0 spiro atoms. The monoisotopic (exact) mass is 710 g/mol. The number of esters is 1. The molecule has 1 saturated heterocycles. The van der Waals surface area contributed by atoms with Crippen LogP contribution < -0.4 is 16.0 Å². The number of carbonyl (C=O) groups excluding carboxylic acids is 3. The number of Topliss-reactive ketones (excluding diaryl/α,β-unsaturated/α-hetero) is 2. The van der Waals surface area contributed by atoms with Crippen molar-refractivity contribution in [2.45, 2.75) is 89.9 Å². The van der Waals surface area contributed by atoms with Gasteiger partial charge in [0.25, 0.3) is 5.60 Å². The van der Waals surface area contributed by atoms with Crippen LogP contribution in [0.3, 0.4) is 0 Å². The van der Waals surface area contributed by atoms with Crippen LogP contribution in [0.4, 0.5) is 5.82 Å². The van der Waals surface area contributed by atoms with Gasteiger partial charge in [-0.1, -0.05) is 62.8 Å². The third-order valence-corrected chi connectivity index (χ3v) is 11.2. The van der Waals surface area contributed by atoms with Gasteiger partial charge in [0.05, 0.1) is 19.9 Å². The van der Waals surface area contributed by atoms with E-state index in [0.29, 0.717) is 37.4 Å².